The summed E-state index contributed by atoms with van der Waals surface area (Å²) in [5.74, 6) is 1.50. The highest BCUT2D eigenvalue weighted by atomic mass is 16.5. The van der Waals surface area contributed by atoms with Crippen LogP contribution in [-0.4, -0.2) is 12.9 Å². The van der Waals surface area contributed by atoms with Crippen molar-refractivity contribution in [1.82, 2.24) is 0 Å². The summed E-state index contributed by atoms with van der Waals surface area (Å²) in [4.78, 5) is 11.9. The third kappa shape index (κ3) is 1.29. The minimum Gasteiger partial charge on any atom is -0.501 e. The van der Waals surface area contributed by atoms with Crippen molar-refractivity contribution in [2.75, 3.05) is 7.11 Å². The van der Waals surface area contributed by atoms with Gasteiger partial charge < -0.3 is 4.74 Å². The second kappa shape index (κ2) is 3.26. The van der Waals surface area contributed by atoms with Gasteiger partial charge in [0, 0.05) is 17.9 Å². The van der Waals surface area contributed by atoms with Crippen molar-refractivity contribution in [3.8, 4) is 0 Å². The van der Waals surface area contributed by atoms with E-state index in [9.17, 15) is 4.79 Å². The highest BCUT2D eigenvalue weighted by Crippen LogP contribution is 2.45. The van der Waals surface area contributed by atoms with Crippen LogP contribution in [0, 0.1) is 11.3 Å². The highest BCUT2D eigenvalue weighted by Gasteiger charge is 2.43. The number of hydrogen-bond donors (Lipinski definition) is 0. The number of hydrogen-bond acceptors (Lipinski definition) is 2. The Kier molecular flexibility index (Phi) is 2.22. The molecule has 0 N–H and O–H groups in total. The Bertz CT molecular complexity index is 314. The molecule has 2 nitrogen and oxygen atoms in total. The Labute approximate surface area is 84.6 Å². The zero-order chi connectivity index (χ0) is 10.2. The summed E-state index contributed by atoms with van der Waals surface area (Å²) >= 11 is 0. The Hall–Kier alpha value is -1.05. The predicted molar refractivity (Wildman–Crippen MR) is 54.7 cm³/mol. The molecule has 2 aliphatic rings. The summed E-state index contributed by atoms with van der Waals surface area (Å²) in [6.07, 6.45) is 8.77. The smallest absolute Gasteiger partial charge is 0.165 e. The van der Waals surface area contributed by atoms with Gasteiger partial charge in [-0.05, 0) is 18.8 Å². The molecule has 0 aromatic carbocycles. The van der Waals surface area contributed by atoms with Crippen LogP contribution < -0.4 is 0 Å². The van der Waals surface area contributed by atoms with Gasteiger partial charge in [-0.2, -0.15) is 0 Å². The molecule has 0 spiro atoms. The van der Waals surface area contributed by atoms with Crippen LogP contribution in [0.25, 0.3) is 0 Å². The minimum atomic E-state index is -0.170. The molecule has 0 aromatic rings. The number of methoxy groups -OCH3 is 1. The zero-order valence-corrected chi connectivity index (χ0v) is 8.75. The van der Waals surface area contributed by atoms with E-state index in [1.165, 1.54) is 0 Å². The molecule has 14 heavy (non-hydrogen) atoms. The number of fused-ring (bicyclic) bond motifs is 1. The first kappa shape index (κ1) is 9.50. The SMILES string of the molecule is COC1=CC(=O)[C@@]2(C)CC=CC[C@H]2C1. The van der Waals surface area contributed by atoms with Crippen LogP contribution in [0.2, 0.25) is 0 Å². The second-order valence-electron chi connectivity index (χ2n) is 4.41. The standard InChI is InChI=1S/C12H16O2/c1-12-6-4-3-5-9(12)7-10(14-2)8-11(12)13/h3-4,8-9H,5-7H2,1-2H3/t9-,12-/m0/s1. The van der Waals surface area contributed by atoms with Crippen molar-refractivity contribution in [2.45, 2.75) is 26.2 Å². The summed E-state index contributed by atoms with van der Waals surface area (Å²) in [7, 11) is 1.64. The molecule has 2 heteroatoms. The summed E-state index contributed by atoms with van der Waals surface area (Å²) in [6.45, 7) is 2.08. The van der Waals surface area contributed by atoms with Gasteiger partial charge in [0.05, 0.1) is 12.9 Å². The maximum Gasteiger partial charge on any atom is 0.165 e. The third-order valence-electron chi connectivity index (χ3n) is 3.59. The molecule has 76 valence electrons. The van der Waals surface area contributed by atoms with Crippen molar-refractivity contribution >= 4 is 5.78 Å². The van der Waals surface area contributed by atoms with Crippen molar-refractivity contribution in [3.63, 3.8) is 0 Å². The molecule has 2 atom stereocenters. The molecule has 0 amide bonds. The Morgan fingerprint density at radius 1 is 1.50 bits per heavy atom. The lowest BCUT2D eigenvalue weighted by Crippen LogP contribution is -2.39. The van der Waals surface area contributed by atoms with Crippen LogP contribution in [-0.2, 0) is 9.53 Å². The Morgan fingerprint density at radius 3 is 3.00 bits per heavy atom. The van der Waals surface area contributed by atoms with Crippen molar-refractivity contribution in [1.29, 1.82) is 0 Å². The number of ether oxygens (including phenoxy) is 1. The lowest BCUT2D eigenvalue weighted by Gasteiger charge is -2.40. The van der Waals surface area contributed by atoms with Gasteiger partial charge >= 0.3 is 0 Å². The van der Waals surface area contributed by atoms with Gasteiger partial charge in [0.2, 0.25) is 0 Å². The maximum atomic E-state index is 11.9. The molecular weight excluding hydrogens is 176 g/mol. The normalized spacial score (nSPS) is 36.3. The average molecular weight is 192 g/mol. The maximum absolute atomic E-state index is 11.9. The van der Waals surface area contributed by atoms with E-state index >= 15 is 0 Å². The average Bonchev–Trinajstić information content (AvgIpc) is 2.19. The largest absolute Gasteiger partial charge is 0.501 e. The molecule has 0 fully saturated rings. The van der Waals surface area contributed by atoms with Gasteiger partial charge in [0.1, 0.15) is 0 Å². The fourth-order valence-electron chi connectivity index (χ4n) is 2.38. The van der Waals surface area contributed by atoms with E-state index in [-0.39, 0.29) is 11.2 Å². The Balaban J connectivity index is 2.32. The van der Waals surface area contributed by atoms with Gasteiger partial charge in [0.15, 0.2) is 5.78 Å². The second-order valence-corrected chi connectivity index (χ2v) is 4.41. The first-order valence-corrected chi connectivity index (χ1v) is 5.11. The molecule has 0 radical (unpaired) electrons. The summed E-state index contributed by atoms with van der Waals surface area (Å²) in [5.41, 5.74) is -0.170. The molecular formula is C12H16O2. The monoisotopic (exact) mass is 192 g/mol. The number of ketones is 1. The van der Waals surface area contributed by atoms with Gasteiger partial charge in [-0.3, -0.25) is 4.79 Å². The van der Waals surface area contributed by atoms with Crippen molar-refractivity contribution in [2.24, 2.45) is 11.3 Å². The summed E-state index contributed by atoms with van der Waals surface area (Å²) < 4.78 is 5.17. The van der Waals surface area contributed by atoms with Crippen molar-refractivity contribution < 1.29 is 9.53 Å². The fourth-order valence-corrected chi connectivity index (χ4v) is 2.38. The quantitative estimate of drug-likeness (QED) is 0.596. The van der Waals surface area contributed by atoms with E-state index in [0.717, 1.165) is 25.0 Å². The number of carbonyl (C=O) groups excluding carboxylic acids is 1. The topological polar surface area (TPSA) is 26.3 Å². The molecule has 2 aliphatic carbocycles. The molecule has 0 aromatic heterocycles. The predicted octanol–water partition coefficient (Wildman–Crippen LogP) is 2.46. The van der Waals surface area contributed by atoms with Gasteiger partial charge in [-0.15, -0.1) is 0 Å². The van der Waals surface area contributed by atoms with Gasteiger partial charge in [-0.25, -0.2) is 0 Å². The first-order chi connectivity index (χ1) is 6.66. The molecule has 0 heterocycles. The van der Waals surface area contributed by atoms with E-state index < -0.39 is 0 Å². The summed E-state index contributed by atoms with van der Waals surface area (Å²) in [6, 6.07) is 0. The van der Waals surface area contributed by atoms with E-state index in [4.69, 9.17) is 4.74 Å². The van der Waals surface area contributed by atoms with Crippen LogP contribution in [0.15, 0.2) is 24.0 Å². The van der Waals surface area contributed by atoms with Crippen LogP contribution in [0.4, 0.5) is 0 Å². The van der Waals surface area contributed by atoms with E-state index in [0.29, 0.717) is 5.92 Å². The van der Waals surface area contributed by atoms with E-state index in [1.807, 2.05) is 0 Å². The number of rotatable bonds is 1. The summed E-state index contributed by atoms with van der Waals surface area (Å²) in [5, 5.41) is 0. The number of carbonyl (C=O) groups is 1. The fraction of sp³-hybridized carbons (Fsp3) is 0.583. The minimum absolute atomic E-state index is 0.170. The van der Waals surface area contributed by atoms with Crippen LogP contribution >= 0.6 is 0 Å². The van der Waals surface area contributed by atoms with E-state index in [2.05, 4.69) is 19.1 Å². The molecule has 0 saturated carbocycles. The van der Waals surface area contributed by atoms with Crippen LogP contribution in [0.3, 0.4) is 0 Å². The Morgan fingerprint density at radius 2 is 2.29 bits per heavy atom. The van der Waals surface area contributed by atoms with Gasteiger partial charge in [0.25, 0.3) is 0 Å². The van der Waals surface area contributed by atoms with Gasteiger partial charge in [-0.1, -0.05) is 19.1 Å². The molecule has 0 unspecified atom stereocenters. The highest BCUT2D eigenvalue weighted by molar-refractivity contribution is 5.96. The van der Waals surface area contributed by atoms with E-state index in [1.54, 1.807) is 13.2 Å². The molecule has 0 bridgehead atoms. The van der Waals surface area contributed by atoms with Crippen LogP contribution in [0.1, 0.15) is 26.2 Å². The van der Waals surface area contributed by atoms with Crippen molar-refractivity contribution in [3.05, 3.63) is 24.0 Å². The zero-order valence-electron chi connectivity index (χ0n) is 8.75. The number of allylic oxidation sites excluding steroid dienone is 4. The van der Waals surface area contributed by atoms with Crippen LogP contribution in [0.5, 0.6) is 0 Å². The molecule has 0 saturated heterocycles. The molecule has 0 aliphatic heterocycles. The lowest BCUT2D eigenvalue weighted by atomic mass is 9.63. The third-order valence-corrected chi connectivity index (χ3v) is 3.59. The first-order valence-electron chi connectivity index (χ1n) is 5.11. The molecule has 2 rings (SSSR count). The lowest BCUT2D eigenvalue weighted by molar-refractivity contribution is -0.127.